The Kier molecular flexibility index (Phi) is 5.39. The van der Waals surface area contributed by atoms with Crippen LogP contribution in [0.2, 0.25) is 0 Å². The van der Waals surface area contributed by atoms with Crippen molar-refractivity contribution < 1.29 is 9.84 Å². The molecule has 1 aromatic carbocycles. The number of ether oxygens (including phenoxy) is 1. The van der Waals surface area contributed by atoms with Gasteiger partial charge < -0.3 is 15.2 Å². The van der Waals surface area contributed by atoms with Gasteiger partial charge in [0.1, 0.15) is 12.1 Å². The number of pyridine rings is 1. The molecule has 4 heterocycles. The summed E-state index contributed by atoms with van der Waals surface area (Å²) in [5.41, 5.74) is 4.32. The predicted octanol–water partition coefficient (Wildman–Crippen LogP) is 4.31. The second kappa shape index (κ2) is 8.64. The topological polar surface area (TPSA) is 98.0 Å². The molecule has 160 valence electrons. The van der Waals surface area contributed by atoms with E-state index in [2.05, 4.69) is 20.7 Å². The van der Waals surface area contributed by atoms with E-state index in [4.69, 9.17) is 14.7 Å². The van der Waals surface area contributed by atoms with Gasteiger partial charge in [0.15, 0.2) is 22.8 Å². The number of rotatable bonds is 7. The zero-order valence-electron chi connectivity index (χ0n) is 17.3. The number of aromatic hydroxyl groups is 1. The lowest BCUT2D eigenvalue weighted by molar-refractivity contribution is 0.398. The highest BCUT2D eigenvalue weighted by atomic mass is 32.1. The molecule has 4 aromatic heterocycles. The SMILES string of the molecule is COc1ccc(-c2nc(NCCc3ccc(O)cc3)c3ncn(-c4ccsc4)c3n2)cn1. The number of phenols is 1. The second-order valence-corrected chi connectivity index (χ2v) is 7.88. The van der Waals surface area contributed by atoms with Crippen molar-refractivity contribution in [2.75, 3.05) is 19.0 Å². The summed E-state index contributed by atoms with van der Waals surface area (Å²) >= 11 is 1.62. The summed E-state index contributed by atoms with van der Waals surface area (Å²) in [7, 11) is 1.58. The first-order valence-corrected chi connectivity index (χ1v) is 11.0. The third-order valence-electron chi connectivity index (χ3n) is 5.03. The van der Waals surface area contributed by atoms with E-state index >= 15 is 0 Å². The van der Waals surface area contributed by atoms with Gasteiger partial charge in [-0.05, 0) is 41.6 Å². The van der Waals surface area contributed by atoms with Gasteiger partial charge in [-0.25, -0.2) is 19.9 Å². The number of imidazole rings is 1. The molecule has 0 unspecified atom stereocenters. The van der Waals surface area contributed by atoms with Crippen LogP contribution in [0.4, 0.5) is 5.82 Å². The lowest BCUT2D eigenvalue weighted by atomic mass is 10.1. The van der Waals surface area contributed by atoms with Gasteiger partial charge in [-0.3, -0.25) is 4.57 Å². The Morgan fingerprint density at radius 3 is 2.66 bits per heavy atom. The van der Waals surface area contributed by atoms with Gasteiger partial charge in [0, 0.05) is 29.8 Å². The maximum absolute atomic E-state index is 9.48. The fourth-order valence-electron chi connectivity index (χ4n) is 3.36. The minimum absolute atomic E-state index is 0.260. The minimum atomic E-state index is 0.260. The Hall–Kier alpha value is -3.98. The number of phenolic OH excluding ortho intramolecular Hbond substituents is 1. The van der Waals surface area contributed by atoms with Gasteiger partial charge in [-0.15, -0.1) is 0 Å². The molecule has 5 rings (SSSR count). The van der Waals surface area contributed by atoms with Crippen molar-refractivity contribution in [3.8, 4) is 28.7 Å². The molecule has 5 aromatic rings. The van der Waals surface area contributed by atoms with Crippen LogP contribution in [0.5, 0.6) is 11.6 Å². The molecule has 0 aliphatic carbocycles. The molecular formula is C23H20N6O2S. The van der Waals surface area contributed by atoms with Crippen LogP contribution in [0.25, 0.3) is 28.2 Å². The quantitative estimate of drug-likeness (QED) is 0.386. The summed E-state index contributed by atoms with van der Waals surface area (Å²) in [6.45, 7) is 0.655. The average molecular weight is 445 g/mol. The predicted molar refractivity (Wildman–Crippen MR) is 125 cm³/mol. The molecule has 0 fully saturated rings. The smallest absolute Gasteiger partial charge is 0.212 e. The molecule has 0 atom stereocenters. The average Bonchev–Trinajstić information content (AvgIpc) is 3.50. The minimum Gasteiger partial charge on any atom is -0.508 e. The van der Waals surface area contributed by atoms with Gasteiger partial charge in [-0.1, -0.05) is 12.1 Å². The van der Waals surface area contributed by atoms with Crippen molar-refractivity contribution in [3.63, 3.8) is 0 Å². The summed E-state index contributed by atoms with van der Waals surface area (Å²) in [4.78, 5) is 18.4. The van der Waals surface area contributed by atoms with Crippen LogP contribution in [-0.4, -0.2) is 43.3 Å². The van der Waals surface area contributed by atoms with Crippen LogP contribution >= 0.6 is 11.3 Å². The fourth-order valence-corrected chi connectivity index (χ4v) is 3.98. The molecule has 0 spiro atoms. The lowest BCUT2D eigenvalue weighted by Gasteiger charge is -2.10. The molecule has 2 N–H and O–H groups in total. The normalized spacial score (nSPS) is 11.0. The molecule has 0 amide bonds. The third kappa shape index (κ3) is 3.97. The summed E-state index contributed by atoms with van der Waals surface area (Å²) in [5.74, 6) is 2.01. The van der Waals surface area contributed by atoms with Gasteiger partial charge in [0.25, 0.3) is 0 Å². The van der Waals surface area contributed by atoms with Gasteiger partial charge in [0.2, 0.25) is 5.88 Å². The fraction of sp³-hybridized carbons (Fsp3) is 0.130. The van der Waals surface area contributed by atoms with E-state index in [-0.39, 0.29) is 5.75 Å². The van der Waals surface area contributed by atoms with Crippen LogP contribution in [-0.2, 0) is 6.42 Å². The first kappa shape index (κ1) is 20.0. The Morgan fingerprint density at radius 2 is 1.94 bits per heavy atom. The van der Waals surface area contributed by atoms with E-state index < -0.39 is 0 Å². The van der Waals surface area contributed by atoms with Crippen molar-refractivity contribution in [1.82, 2.24) is 24.5 Å². The van der Waals surface area contributed by atoms with Crippen LogP contribution in [0, 0.1) is 0 Å². The van der Waals surface area contributed by atoms with Gasteiger partial charge in [0.05, 0.1) is 12.8 Å². The highest BCUT2D eigenvalue weighted by Crippen LogP contribution is 2.27. The Balaban J connectivity index is 1.51. The number of aromatic nitrogens is 5. The lowest BCUT2D eigenvalue weighted by Crippen LogP contribution is -2.08. The zero-order chi connectivity index (χ0) is 21.9. The third-order valence-corrected chi connectivity index (χ3v) is 5.70. The number of hydrogen-bond donors (Lipinski definition) is 2. The second-order valence-electron chi connectivity index (χ2n) is 7.10. The van der Waals surface area contributed by atoms with E-state index in [1.54, 1.807) is 49.2 Å². The summed E-state index contributed by atoms with van der Waals surface area (Å²) in [6, 6.07) is 12.9. The molecule has 9 heteroatoms. The van der Waals surface area contributed by atoms with Crippen LogP contribution < -0.4 is 10.1 Å². The number of anilines is 1. The van der Waals surface area contributed by atoms with E-state index in [9.17, 15) is 5.11 Å². The molecule has 8 nitrogen and oxygen atoms in total. The number of nitrogens with one attached hydrogen (secondary N) is 1. The summed E-state index contributed by atoms with van der Waals surface area (Å²) in [5, 5.41) is 17.0. The molecule has 32 heavy (non-hydrogen) atoms. The van der Waals surface area contributed by atoms with Crippen LogP contribution in [0.3, 0.4) is 0 Å². The maximum Gasteiger partial charge on any atom is 0.212 e. The summed E-state index contributed by atoms with van der Waals surface area (Å²) < 4.78 is 7.12. The van der Waals surface area contributed by atoms with Crippen molar-refractivity contribution >= 4 is 28.3 Å². The highest BCUT2D eigenvalue weighted by Gasteiger charge is 2.16. The number of thiophene rings is 1. The van der Waals surface area contributed by atoms with E-state index in [0.717, 1.165) is 28.9 Å². The number of benzene rings is 1. The number of fused-ring (bicyclic) bond motifs is 1. The van der Waals surface area contributed by atoms with Crippen molar-refractivity contribution in [2.45, 2.75) is 6.42 Å². The number of methoxy groups -OCH3 is 1. The number of nitrogens with zero attached hydrogens (tertiary/aromatic N) is 5. The number of hydrogen-bond acceptors (Lipinski definition) is 8. The first-order valence-electron chi connectivity index (χ1n) is 10.0. The zero-order valence-corrected chi connectivity index (χ0v) is 18.1. The van der Waals surface area contributed by atoms with E-state index in [0.29, 0.717) is 29.6 Å². The highest BCUT2D eigenvalue weighted by molar-refractivity contribution is 7.08. The Bertz CT molecular complexity index is 1330. The largest absolute Gasteiger partial charge is 0.508 e. The molecule has 0 radical (unpaired) electrons. The monoisotopic (exact) mass is 444 g/mol. The molecular weight excluding hydrogens is 424 g/mol. The van der Waals surface area contributed by atoms with Gasteiger partial charge in [-0.2, -0.15) is 11.3 Å². The maximum atomic E-state index is 9.48. The van der Waals surface area contributed by atoms with E-state index in [1.165, 1.54) is 0 Å². The molecule has 0 bridgehead atoms. The molecule has 0 aliphatic rings. The first-order chi connectivity index (χ1) is 15.7. The van der Waals surface area contributed by atoms with E-state index in [1.807, 2.05) is 34.2 Å². The standard InChI is InChI=1S/C23H20N6O2S/c1-31-19-7-4-16(12-25-19)21-27-22(24-10-8-15-2-5-18(30)6-3-15)20-23(28-21)29(14-26-20)17-9-11-32-13-17/h2-7,9,11-14,30H,8,10H2,1H3,(H,24,27,28). The molecule has 0 saturated carbocycles. The van der Waals surface area contributed by atoms with Crippen LogP contribution in [0.1, 0.15) is 5.56 Å². The van der Waals surface area contributed by atoms with Crippen molar-refractivity contribution in [3.05, 3.63) is 71.3 Å². The Morgan fingerprint density at radius 1 is 1.06 bits per heavy atom. The Labute approximate surface area is 188 Å². The summed E-state index contributed by atoms with van der Waals surface area (Å²) in [6.07, 6.45) is 4.24. The van der Waals surface area contributed by atoms with Crippen molar-refractivity contribution in [1.29, 1.82) is 0 Å². The molecule has 0 aliphatic heterocycles. The van der Waals surface area contributed by atoms with Gasteiger partial charge >= 0.3 is 0 Å². The van der Waals surface area contributed by atoms with Crippen molar-refractivity contribution in [2.24, 2.45) is 0 Å². The van der Waals surface area contributed by atoms with Crippen LogP contribution in [0.15, 0.2) is 65.7 Å². The molecule has 0 saturated heterocycles.